The number of aromatic nitrogens is 1. The number of nitrogens with two attached hydrogens (primary N) is 1. The summed E-state index contributed by atoms with van der Waals surface area (Å²) in [6.07, 6.45) is 0.818. The molecule has 1 aromatic carbocycles. The van der Waals surface area contributed by atoms with Gasteiger partial charge in [0, 0.05) is 17.4 Å². The summed E-state index contributed by atoms with van der Waals surface area (Å²) in [5, 5.41) is 3.10. The van der Waals surface area contributed by atoms with Gasteiger partial charge in [0.05, 0.1) is 24.4 Å². The van der Waals surface area contributed by atoms with Crippen LogP contribution in [0.5, 0.6) is 11.5 Å². The number of benzene rings is 1. The Morgan fingerprint density at radius 3 is 2.84 bits per heavy atom. The average Bonchev–Trinajstić information content (AvgIpc) is 2.88. The predicted octanol–water partition coefficient (Wildman–Crippen LogP) is 2.72. The van der Waals surface area contributed by atoms with Gasteiger partial charge in [-0.2, -0.15) is 0 Å². The highest BCUT2D eigenvalue weighted by Crippen LogP contribution is 2.32. The molecule has 0 atom stereocenters. The van der Waals surface area contributed by atoms with Crippen LogP contribution in [0.4, 0.5) is 0 Å². The van der Waals surface area contributed by atoms with Crippen molar-refractivity contribution in [2.24, 2.45) is 5.73 Å². The van der Waals surface area contributed by atoms with Crippen molar-refractivity contribution in [3.05, 3.63) is 28.6 Å². The molecular weight excluding hydrogens is 260 g/mol. The molecule has 1 aromatic heterocycles. The Kier molecular flexibility index (Phi) is 4.76. The van der Waals surface area contributed by atoms with Crippen molar-refractivity contribution >= 4 is 11.3 Å². The van der Waals surface area contributed by atoms with E-state index in [9.17, 15) is 0 Å². The minimum Gasteiger partial charge on any atom is -0.493 e. The second kappa shape index (κ2) is 6.54. The van der Waals surface area contributed by atoms with Gasteiger partial charge in [0.15, 0.2) is 11.5 Å². The van der Waals surface area contributed by atoms with E-state index in [1.54, 1.807) is 18.4 Å². The fourth-order valence-corrected chi connectivity index (χ4v) is 2.61. The molecule has 0 saturated carbocycles. The van der Waals surface area contributed by atoms with Gasteiger partial charge >= 0.3 is 0 Å². The molecule has 0 saturated heterocycles. The second-order valence-corrected chi connectivity index (χ2v) is 4.91. The number of hydrogen-bond donors (Lipinski definition) is 1. The number of ether oxygens (including phenoxy) is 2. The van der Waals surface area contributed by atoms with Crippen LogP contribution in [0.3, 0.4) is 0 Å². The maximum Gasteiger partial charge on any atom is 0.161 e. The van der Waals surface area contributed by atoms with Crippen LogP contribution in [0.1, 0.15) is 11.9 Å². The normalized spacial score (nSPS) is 10.5. The molecule has 0 amide bonds. The predicted molar refractivity (Wildman–Crippen MR) is 78.0 cm³/mol. The van der Waals surface area contributed by atoms with Gasteiger partial charge in [-0.3, -0.25) is 0 Å². The molecule has 19 heavy (non-hydrogen) atoms. The van der Waals surface area contributed by atoms with E-state index < -0.39 is 0 Å². The molecule has 0 unspecified atom stereocenters. The third kappa shape index (κ3) is 3.24. The van der Waals surface area contributed by atoms with E-state index in [-0.39, 0.29) is 0 Å². The molecule has 1 heterocycles. The number of rotatable bonds is 6. The summed E-state index contributed by atoms with van der Waals surface area (Å²) in [6.45, 7) is 3.19. The first kappa shape index (κ1) is 13.8. The van der Waals surface area contributed by atoms with Gasteiger partial charge in [0.2, 0.25) is 0 Å². The molecule has 0 aliphatic heterocycles. The van der Waals surface area contributed by atoms with Gasteiger partial charge in [-0.25, -0.2) is 4.98 Å². The van der Waals surface area contributed by atoms with E-state index in [0.29, 0.717) is 13.2 Å². The van der Waals surface area contributed by atoms with Crippen molar-refractivity contribution in [3.8, 4) is 22.8 Å². The maximum absolute atomic E-state index is 5.54. The molecule has 2 N–H and O–H groups in total. The summed E-state index contributed by atoms with van der Waals surface area (Å²) in [5.41, 5.74) is 7.52. The lowest BCUT2D eigenvalue weighted by atomic mass is 10.1. The summed E-state index contributed by atoms with van der Waals surface area (Å²) in [4.78, 5) is 4.56. The molecule has 102 valence electrons. The third-order valence-electron chi connectivity index (χ3n) is 2.67. The van der Waals surface area contributed by atoms with Gasteiger partial charge in [0.25, 0.3) is 0 Å². The average molecular weight is 278 g/mol. The molecule has 0 aliphatic rings. The lowest BCUT2D eigenvalue weighted by Gasteiger charge is -2.10. The summed E-state index contributed by atoms with van der Waals surface area (Å²) in [5.74, 6) is 1.49. The minimum absolute atomic E-state index is 0.618. The van der Waals surface area contributed by atoms with Crippen LogP contribution < -0.4 is 15.2 Å². The summed E-state index contributed by atoms with van der Waals surface area (Å²) < 4.78 is 10.8. The molecule has 0 radical (unpaired) electrons. The van der Waals surface area contributed by atoms with Crippen molar-refractivity contribution in [1.29, 1.82) is 0 Å². The van der Waals surface area contributed by atoms with Gasteiger partial charge in [-0.05, 0) is 31.7 Å². The molecule has 0 aliphatic carbocycles. The number of methoxy groups -OCH3 is 1. The Morgan fingerprint density at radius 1 is 1.32 bits per heavy atom. The van der Waals surface area contributed by atoms with Gasteiger partial charge in [0.1, 0.15) is 0 Å². The zero-order valence-electron chi connectivity index (χ0n) is 11.2. The molecule has 0 spiro atoms. The Labute approximate surface area is 117 Å². The molecule has 0 fully saturated rings. The van der Waals surface area contributed by atoms with E-state index in [4.69, 9.17) is 15.2 Å². The van der Waals surface area contributed by atoms with Crippen molar-refractivity contribution in [2.75, 3.05) is 20.3 Å². The van der Waals surface area contributed by atoms with Crippen LogP contribution in [0.2, 0.25) is 0 Å². The highest BCUT2D eigenvalue weighted by molar-refractivity contribution is 7.09. The molecule has 4 nitrogen and oxygen atoms in total. The van der Waals surface area contributed by atoms with Crippen LogP contribution in [0.15, 0.2) is 23.6 Å². The van der Waals surface area contributed by atoms with E-state index >= 15 is 0 Å². The fourth-order valence-electron chi connectivity index (χ4n) is 1.78. The van der Waals surface area contributed by atoms with Crippen molar-refractivity contribution < 1.29 is 9.47 Å². The Hall–Kier alpha value is -1.59. The standard InChI is InChI=1S/C14H18N2O2S/c1-3-18-12-5-4-10(8-13(12)17-2)11-9-19-14(16-11)6-7-15/h4-5,8-9H,3,6-7,15H2,1-2H3. The number of thiazole rings is 1. The van der Waals surface area contributed by atoms with Crippen LogP contribution in [-0.4, -0.2) is 25.2 Å². The molecule has 2 rings (SSSR count). The van der Waals surface area contributed by atoms with Crippen LogP contribution >= 0.6 is 11.3 Å². The molecular formula is C14H18N2O2S. The van der Waals surface area contributed by atoms with Gasteiger partial charge < -0.3 is 15.2 Å². The Bertz CT molecular complexity index is 540. The van der Waals surface area contributed by atoms with Crippen molar-refractivity contribution in [3.63, 3.8) is 0 Å². The van der Waals surface area contributed by atoms with Gasteiger partial charge in [-0.1, -0.05) is 0 Å². The largest absolute Gasteiger partial charge is 0.493 e. The lowest BCUT2D eigenvalue weighted by molar-refractivity contribution is 0.311. The number of nitrogens with zero attached hydrogens (tertiary/aromatic N) is 1. The zero-order chi connectivity index (χ0) is 13.7. The van der Waals surface area contributed by atoms with Crippen molar-refractivity contribution in [2.45, 2.75) is 13.3 Å². The summed E-state index contributed by atoms with van der Waals surface area (Å²) in [6, 6.07) is 5.86. The van der Waals surface area contributed by atoms with Crippen molar-refractivity contribution in [1.82, 2.24) is 4.98 Å². The lowest BCUT2D eigenvalue weighted by Crippen LogP contribution is -2.02. The van der Waals surface area contributed by atoms with E-state index in [0.717, 1.165) is 34.2 Å². The topological polar surface area (TPSA) is 57.4 Å². The Morgan fingerprint density at radius 2 is 2.16 bits per heavy atom. The monoisotopic (exact) mass is 278 g/mol. The van der Waals surface area contributed by atoms with E-state index in [1.807, 2.05) is 30.5 Å². The third-order valence-corrected chi connectivity index (χ3v) is 3.58. The van der Waals surface area contributed by atoms with Gasteiger partial charge in [-0.15, -0.1) is 11.3 Å². The second-order valence-electron chi connectivity index (χ2n) is 3.96. The first-order valence-corrected chi connectivity index (χ1v) is 7.12. The van der Waals surface area contributed by atoms with Crippen LogP contribution in [-0.2, 0) is 6.42 Å². The molecule has 0 bridgehead atoms. The molecule has 5 heteroatoms. The fraction of sp³-hybridized carbons (Fsp3) is 0.357. The SMILES string of the molecule is CCOc1ccc(-c2csc(CCN)n2)cc1OC. The highest BCUT2D eigenvalue weighted by atomic mass is 32.1. The maximum atomic E-state index is 5.54. The highest BCUT2D eigenvalue weighted by Gasteiger charge is 2.09. The smallest absolute Gasteiger partial charge is 0.161 e. The van der Waals surface area contributed by atoms with Crippen LogP contribution in [0, 0.1) is 0 Å². The van der Waals surface area contributed by atoms with Crippen LogP contribution in [0.25, 0.3) is 11.3 Å². The minimum atomic E-state index is 0.618. The Balaban J connectivity index is 2.28. The number of hydrogen-bond acceptors (Lipinski definition) is 5. The summed E-state index contributed by atoms with van der Waals surface area (Å²) in [7, 11) is 1.64. The molecule has 2 aromatic rings. The quantitative estimate of drug-likeness (QED) is 0.882. The first-order valence-electron chi connectivity index (χ1n) is 6.24. The summed E-state index contributed by atoms with van der Waals surface area (Å²) >= 11 is 1.63. The zero-order valence-corrected chi connectivity index (χ0v) is 12.0. The first-order chi connectivity index (χ1) is 9.28. The van der Waals surface area contributed by atoms with E-state index in [2.05, 4.69) is 4.98 Å². The van der Waals surface area contributed by atoms with E-state index in [1.165, 1.54) is 0 Å².